The Kier molecular flexibility index (Phi) is 64.4. The van der Waals surface area contributed by atoms with Crippen LogP contribution in [0.5, 0.6) is 0 Å². The summed E-state index contributed by atoms with van der Waals surface area (Å²) in [7, 11) is 1.30. The standard InChI is InChI=1S/C77H139N2O6P/c1-6-8-10-12-14-16-18-20-22-24-26-28-30-32-33-34-35-36-37-38-39-40-41-42-43-44-45-47-49-51-53-55-57-59-61-63-65-67-69-71-77(81)78-75(74-85-86(82,83)84-73-72-79(3,4)5)76(80)70-68-66-64-62-60-58-56-54-52-50-48-46-31-29-27-25-23-21-19-17-15-13-11-9-7-2/h8,10,14,16,20,22,26,28,32-33,35-36,38-39,41-42,44-45,75-76,80H,6-7,9,11-13,15,17-19,21,23-25,27,29-31,34,37,40,43,46-74H2,1-5H3,(H-,78,81,82,83)/b10-8-,16-14-,22-20-,28-26-,33-32-,36-35-,39-38-,42-41-,45-44-. The van der Waals surface area contributed by atoms with Crippen molar-refractivity contribution in [1.82, 2.24) is 5.32 Å². The van der Waals surface area contributed by atoms with Crippen molar-refractivity contribution in [3.05, 3.63) is 109 Å². The van der Waals surface area contributed by atoms with Crippen molar-refractivity contribution < 1.29 is 32.9 Å². The first kappa shape index (κ1) is 83.2. The third kappa shape index (κ3) is 68.6. The summed E-state index contributed by atoms with van der Waals surface area (Å²) in [5.74, 6) is -0.168. The molecule has 0 aliphatic rings. The van der Waals surface area contributed by atoms with E-state index in [1.807, 2.05) is 21.1 Å². The minimum absolute atomic E-state index is 0.00816. The number of hydrogen-bond donors (Lipinski definition) is 2. The molecule has 0 heterocycles. The molecule has 0 aromatic carbocycles. The van der Waals surface area contributed by atoms with Crippen molar-refractivity contribution in [2.24, 2.45) is 0 Å². The van der Waals surface area contributed by atoms with Crippen molar-refractivity contribution in [2.75, 3.05) is 40.9 Å². The van der Waals surface area contributed by atoms with Crippen LogP contribution < -0.4 is 10.2 Å². The van der Waals surface area contributed by atoms with Gasteiger partial charge in [0, 0.05) is 6.42 Å². The van der Waals surface area contributed by atoms with Gasteiger partial charge in [-0.05, 0) is 83.5 Å². The van der Waals surface area contributed by atoms with Crippen LogP contribution in [0, 0.1) is 0 Å². The second-order valence-electron chi connectivity index (χ2n) is 25.6. The molecule has 0 aromatic heterocycles. The molecule has 498 valence electrons. The van der Waals surface area contributed by atoms with E-state index in [0.717, 1.165) is 96.3 Å². The zero-order chi connectivity index (χ0) is 62.6. The quantitative estimate of drug-likeness (QED) is 0.0272. The Morgan fingerprint density at radius 3 is 1.03 bits per heavy atom. The molecule has 0 aliphatic carbocycles. The topological polar surface area (TPSA) is 108 Å². The Morgan fingerprint density at radius 1 is 0.419 bits per heavy atom. The molecule has 1 amide bonds. The van der Waals surface area contributed by atoms with Crippen molar-refractivity contribution in [3.8, 4) is 0 Å². The molecular weight excluding hydrogens is 1080 g/mol. The van der Waals surface area contributed by atoms with Crippen LogP contribution in [-0.2, 0) is 18.4 Å². The third-order valence-electron chi connectivity index (χ3n) is 16.0. The molecular formula is C77H139N2O6P. The molecule has 0 rings (SSSR count). The van der Waals surface area contributed by atoms with Crippen molar-refractivity contribution in [1.29, 1.82) is 0 Å². The molecule has 0 fully saturated rings. The molecule has 9 heteroatoms. The van der Waals surface area contributed by atoms with Gasteiger partial charge in [0.15, 0.2) is 0 Å². The molecule has 0 aliphatic heterocycles. The van der Waals surface area contributed by atoms with Gasteiger partial charge in [-0.25, -0.2) is 0 Å². The van der Waals surface area contributed by atoms with Gasteiger partial charge in [0.1, 0.15) is 13.2 Å². The predicted molar refractivity (Wildman–Crippen MR) is 376 cm³/mol. The monoisotopic (exact) mass is 1220 g/mol. The number of phosphoric acid groups is 1. The van der Waals surface area contributed by atoms with Gasteiger partial charge in [-0.1, -0.05) is 342 Å². The highest BCUT2D eigenvalue weighted by Crippen LogP contribution is 2.38. The number of carbonyl (C=O) groups is 1. The number of carbonyl (C=O) groups excluding carboxylic acids is 1. The van der Waals surface area contributed by atoms with Gasteiger partial charge in [-0.15, -0.1) is 0 Å². The Balaban J connectivity index is 4.06. The fourth-order valence-corrected chi connectivity index (χ4v) is 11.2. The zero-order valence-electron chi connectivity index (χ0n) is 57.0. The maximum Gasteiger partial charge on any atom is 0.268 e. The number of nitrogens with one attached hydrogen (secondary N) is 1. The minimum Gasteiger partial charge on any atom is -0.756 e. The highest BCUT2D eigenvalue weighted by atomic mass is 31.2. The maximum atomic E-state index is 13.1. The molecule has 86 heavy (non-hydrogen) atoms. The van der Waals surface area contributed by atoms with E-state index in [0.29, 0.717) is 23.9 Å². The lowest BCUT2D eigenvalue weighted by molar-refractivity contribution is -0.870. The predicted octanol–water partition coefficient (Wildman–Crippen LogP) is 22.8. The minimum atomic E-state index is -4.59. The summed E-state index contributed by atoms with van der Waals surface area (Å²) < 4.78 is 23.5. The number of rotatable bonds is 66. The summed E-state index contributed by atoms with van der Waals surface area (Å²) in [4.78, 5) is 25.7. The van der Waals surface area contributed by atoms with Gasteiger partial charge in [-0.2, -0.15) is 0 Å². The first-order valence-corrected chi connectivity index (χ1v) is 37.7. The zero-order valence-corrected chi connectivity index (χ0v) is 57.9. The van der Waals surface area contributed by atoms with Crippen LogP contribution in [0.4, 0.5) is 0 Å². The lowest BCUT2D eigenvalue weighted by Gasteiger charge is -2.30. The second kappa shape index (κ2) is 66.6. The summed E-state index contributed by atoms with van der Waals surface area (Å²) in [6.07, 6.45) is 97.3. The molecule has 0 radical (unpaired) electrons. The normalized spacial score (nSPS) is 14.3. The number of aliphatic hydroxyl groups excluding tert-OH is 1. The number of allylic oxidation sites excluding steroid dienone is 18. The van der Waals surface area contributed by atoms with E-state index in [2.05, 4.69) is 129 Å². The van der Waals surface area contributed by atoms with Crippen LogP contribution in [0.25, 0.3) is 0 Å². The van der Waals surface area contributed by atoms with Crippen LogP contribution in [0.2, 0.25) is 0 Å². The Labute approximate surface area is 533 Å². The average molecular weight is 1220 g/mol. The van der Waals surface area contributed by atoms with E-state index in [1.165, 1.54) is 199 Å². The molecule has 3 atom stereocenters. The number of nitrogens with zero attached hydrogens (tertiary/aromatic N) is 1. The molecule has 0 aromatic rings. The van der Waals surface area contributed by atoms with E-state index in [4.69, 9.17) is 9.05 Å². The van der Waals surface area contributed by atoms with Gasteiger partial charge in [0.2, 0.25) is 5.91 Å². The van der Waals surface area contributed by atoms with Crippen LogP contribution in [0.1, 0.15) is 322 Å². The fraction of sp³-hybridized carbons (Fsp3) is 0.753. The number of phosphoric ester groups is 1. The maximum absolute atomic E-state index is 13.1. The lowest BCUT2D eigenvalue weighted by atomic mass is 10.0. The first-order chi connectivity index (χ1) is 42.0. The first-order valence-electron chi connectivity index (χ1n) is 36.2. The van der Waals surface area contributed by atoms with Crippen LogP contribution in [-0.4, -0.2) is 68.5 Å². The van der Waals surface area contributed by atoms with Gasteiger partial charge in [-0.3, -0.25) is 9.36 Å². The summed E-state index contributed by atoms with van der Waals surface area (Å²) in [5.41, 5.74) is 0. The smallest absolute Gasteiger partial charge is 0.268 e. The van der Waals surface area contributed by atoms with E-state index < -0.39 is 20.0 Å². The van der Waals surface area contributed by atoms with Crippen molar-refractivity contribution in [2.45, 2.75) is 334 Å². The number of likely N-dealkylation sites (N-methyl/N-ethyl adjacent to an activating group) is 1. The van der Waals surface area contributed by atoms with Gasteiger partial charge >= 0.3 is 0 Å². The molecule has 2 N–H and O–H groups in total. The Hall–Kier alpha value is -2.84. The van der Waals surface area contributed by atoms with Gasteiger partial charge < -0.3 is 28.8 Å². The van der Waals surface area contributed by atoms with E-state index in [9.17, 15) is 19.4 Å². The third-order valence-corrected chi connectivity index (χ3v) is 17.0. The highest BCUT2D eigenvalue weighted by molar-refractivity contribution is 7.45. The summed E-state index contributed by atoms with van der Waals surface area (Å²) in [6, 6.07) is -0.810. The number of hydrogen-bond acceptors (Lipinski definition) is 6. The average Bonchev–Trinajstić information content (AvgIpc) is 3.70. The number of unbranched alkanes of at least 4 members (excludes halogenated alkanes) is 35. The second-order valence-corrected chi connectivity index (χ2v) is 27.0. The molecule has 0 saturated heterocycles. The van der Waals surface area contributed by atoms with Crippen LogP contribution in [0.15, 0.2) is 109 Å². The number of aliphatic hydroxyl groups is 1. The van der Waals surface area contributed by atoms with E-state index >= 15 is 0 Å². The Morgan fingerprint density at radius 2 is 0.709 bits per heavy atom. The molecule has 0 bridgehead atoms. The van der Waals surface area contributed by atoms with Crippen LogP contribution >= 0.6 is 7.82 Å². The number of amides is 1. The molecule has 8 nitrogen and oxygen atoms in total. The summed E-state index contributed by atoms with van der Waals surface area (Å²) >= 11 is 0. The SMILES string of the molecule is CC/C=C\C/C=C\C/C=C\C/C=C\C/C=C\C/C=C\C/C=C\C/C=C\C/C=C\CCCCCCCCCCCCCC(=O)NC(COP(=O)([O-])OCC[N+](C)(C)C)C(O)CCCCCCCCCCCCCCCCCCCCCCCCCCC. The number of quaternary nitrogens is 1. The fourth-order valence-electron chi connectivity index (χ4n) is 10.4. The summed E-state index contributed by atoms with van der Waals surface area (Å²) in [6.45, 7) is 4.64. The van der Waals surface area contributed by atoms with E-state index in [-0.39, 0.29) is 19.1 Å². The van der Waals surface area contributed by atoms with Crippen LogP contribution in [0.3, 0.4) is 0 Å². The molecule has 0 spiro atoms. The van der Waals surface area contributed by atoms with Crippen molar-refractivity contribution >= 4 is 13.7 Å². The summed E-state index contributed by atoms with van der Waals surface area (Å²) in [5, 5.41) is 14.1. The van der Waals surface area contributed by atoms with Gasteiger partial charge in [0.25, 0.3) is 7.82 Å². The Bertz CT molecular complexity index is 1770. The largest absolute Gasteiger partial charge is 0.756 e. The van der Waals surface area contributed by atoms with Gasteiger partial charge in [0.05, 0.1) is 39.9 Å². The molecule has 3 unspecified atom stereocenters. The molecule has 0 saturated carbocycles. The van der Waals surface area contributed by atoms with Crippen molar-refractivity contribution in [3.63, 3.8) is 0 Å². The van der Waals surface area contributed by atoms with E-state index in [1.54, 1.807) is 0 Å². The lowest BCUT2D eigenvalue weighted by Crippen LogP contribution is -2.46. The highest BCUT2D eigenvalue weighted by Gasteiger charge is 2.24.